The van der Waals surface area contributed by atoms with E-state index >= 15 is 0 Å². The molecule has 2 amide bonds. The number of hydrogen-bond acceptors (Lipinski definition) is 4. The number of hydrogen-bond donors (Lipinski definition) is 1. The Balaban J connectivity index is 1.99. The molecule has 1 saturated heterocycles. The molecule has 168 valence electrons. The fourth-order valence-electron chi connectivity index (χ4n) is 3.90. The van der Waals surface area contributed by atoms with Gasteiger partial charge in [-0.3, -0.25) is 9.69 Å². The van der Waals surface area contributed by atoms with E-state index in [-0.39, 0.29) is 12.5 Å². The second-order valence-electron chi connectivity index (χ2n) is 8.11. The van der Waals surface area contributed by atoms with E-state index in [0.717, 1.165) is 50.5 Å². The van der Waals surface area contributed by atoms with E-state index in [2.05, 4.69) is 13.8 Å². The van der Waals surface area contributed by atoms with E-state index in [1.807, 2.05) is 35.2 Å². The number of aliphatic hydroxyl groups is 1. The lowest BCUT2D eigenvalue weighted by Crippen LogP contribution is -2.50. The van der Waals surface area contributed by atoms with Gasteiger partial charge in [-0.15, -0.1) is 0 Å². The average Bonchev–Trinajstić information content (AvgIpc) is 3.15. The number of carbonyl (C=O) groups is 2. The minimum absolute atomic E-state index is 0.0594. The molecule has 0 aliphatic carbocycles. The average molecular weight is 419 g/mol. The van der Waals surface area contributed by atoms with Crippen molar-refractivity contribution >= 4 is 12.0 Å². The van der Waals surface area contributed by atoms with Crippen LogP contribution in [-0.4, -0.2) is 52.3 Å². The normalized spacial score (nSPS) is 18.4. The number of ether oxygens (including phenoxy) is 1. The molecule has 1 aromatic carbocycles. The third kappa shape index (κ3) is 7.31. The third-order valence-electron chi connectivity index (χ3n) is 5.68. The number of unbranched alkanes of at least 4 members (excludes halogenated alkanes) is 5. The maximum atomic E-state index is 13.3. The highest BCUT2D eigenvalue weighted by Crippen LogP contribution is 2.26. The molecule has 2 rings (SSSR count). The standard InChI is InChI=1S/C24H38N2O4/c1-3-5-7-12-18-25(17-11-6-4-2)23(28)21-15-16-22(27)26(21)24(29)30-19-20-13-9-8-10-14-20/h8-10,13-14,21-22,27H,3-7,11-12,15-19H2,1-2H3/t21-,22?/m0/s1. The molecule has 1 N–H and O–H groups in total. The summed E-state index contributed by atoms with van der Waals surface area (Å²) < 4.78 is 5.41. The molecule has 6 nitrogen and oxygen atoms in total. The van der Waals surface area contributed by atoms with Gasteiger partial charge in [-0.25, -0.2) is 4.79 Å². The first-order valence-corrected chi connectivity index (χ1v) is 11.5. The first-order valence-electron chi connectivity index (χ1n) is 11.5. The summed E-state index contributed by atoms with van der Waals surface area (Å²) in [5.74, 6) is -0.0594. The van der Waals surface area contributed by atoms with Crippen LogP contribution in [0.2, 0.25) is 0 Å². The summed E-state index contributed by atoms with van der Waals surface area (Å²) in [4.78, 5) is 29.1. The second kappa shape index (κ2) is 13.3. The van der Waals surface area contributed by atoms with Crippen LogP contribution in [0.5, 0.6) is 0 Å². The fourth-order valence-corrected chi connectivity index (χ4v) is 3.90. The van der Waals surface area contributed by atoms with Gasteiger partial charge in [-0.1, -0.05) is 76.3 Å². The van der Waals surface area contributed by atoms with Gasteiger partial charge in [0, 0.05) is 13.1 Å². The monoisotopic (exact) mass is 418 g/mol. The van der Waals surface area contributed by atoms with Crippen molar-refractivity contribution in [1.82, 2.24) is 9.80 Å². The van der Waals surface area contributed by atoms with Crippen LogP contribution in [0.1, 0.15) is 77.2 Å². The van der Waals surface area contributed by atoms with Crippen molar-refractivity contribution in [3.05, 3.63) is 35.9 Å². The largest absolute Gasteiger partial charge is 0.444 e. The van der Waals surface area contributed by atoms with Crippen LogP contribution in [0.3, 0.4) is 0 Å². The molecule has 0 radical (unpaired) electrons. The Hall–Kier alpha value is -2.08. The number of benzene rings is 1. The number of rotatable bonds is 12. The molecule has 2 atom stereocenters. The van der Waals surface area contributed by atoms with Crippen molar-refractivity contribution < 1.29 is 19.4 Å². The van der Waals surface area contributed by atoms with E-state index in [0.29, 0.717) is 25.9 Å². The summed E-state index contributed by atoms with van der Waals surface area (Å²) in [5, 5.41) is 10.4. The molecular formula is C24H38N2O4. The quantitative estimate of drug-likeness (QED) is 0.499. The second-order valence-corrected chi connectivity index (χ2v) is 8.11. The summed E-state index contributed by atoms with van der Waals surface area (Å²) in [7, 11) is 0. The predicted molar refractivity (Wildman–Crippen MR) is 118 cm³/mol. The Bertz CT molecular complexity index is 637. The molecule has 0 aromatic heterocycles. The zero-order valence-electron chi connectivity index (χ0n) is 18.6. The van der Waals surface area contributed by atoms with Crippen molar-refractivity contribution in [2.45, 2.75) is 90.5 Å². The van der Waals surface area contributed by atoms with E-state index in [9.17, 15) is 14.7 Å². The molecule has 1 aromatic rings. The van der Waals surface area contributed by atoms with Gasteiger partial charge in [-0.05, 0) is 31.2 Å². The van der Waals surface area contributed by atoms with Crippen LogP contribution in [0.15, 0.2) is 30.3 Å². The molecule has 1 heterocycles. The minimum atomic E-state index is -0.972. The molecule has 6 heteroatoms. The molecule has 0 saturated carbocycles. The Morgan fingerprint density at radius 3 is 2.30 bits per heavy atom. The van der Waals surface area contributed by atoms with Gasteiger partial charge >= 0.3 is 6.09 Å². The van der Waals surface area contributed by atoms with Gasteiger partial charge in [0.05, 0.1) is 0 Å². The van der Waals surface area contributed by atoms with Crippen LogP contribution in [0.25, 0.3) is 0 Å². The fraction of sp³-hybridized carbons (Fsp3) is 0.667. The topological polar surface area (TPSA) is 70.1 Å². The highest BCUT2D eigenvalue weighted by Gasteiger charge is 2.42. The van der Waals surface area contributed by atoms with Gasteiger partial charge in [-0.2, -0.15) is 0 Å². The van der Waals surface area contributed by atoms with Crippen molar-refractivity contribution in [2.75, 3.05) is 13.1 Å². The summed E-state index contributed by atoms with van der Waals surface area (Å²) >= 11 is 0. The van der Waals surface area contributed by atoms with Crippen LogP contribution in [0, 0.1) is 0 Å². The first kappa shape index (κ1) is 24.2. The zero-order valence-corrected chi connectivity index (χ0v) is 18.6. The number of nitrogens with zero attached hydrogens (tertiary/aromatic N) is 2. The van der Waals surface area contributed by atoms with Crippen LogP contribution in [-0.2, 0) is 16.1 Å². The minimum Gasteiger partial charge on any atom is -0.444 e. The summed E-state index contributed by atoms with van der Waals surface area (Å²) in [6, 6.07) is 8.78. The molecule has 1 aliphatic heterocycles. The molecule has 30 heavy (non-hydrogen) atoms. The summed E-state index contributed by atoms with van der Waals surface area (Å²) in [6.07, 6.45) is 6.80. The lowest BCUT2D eigenvalue weighted by atomic mass is 10.1. The summed E-state index contributed by atoms with van der Waals surface area (Å²) in [6.45, 7) is 5.86. The van der Waals surface area contributed by atoms with Crippen LogP contribution >= 0.6 is 0 Å². The molecular weight excluding hydrogens is 380 g/mol. The van der Waals surface area contributed by atoms with Gasteiger partial charge in [0.2, 0.25) is 5.91 Å². The molecule has 1 aliphatic rings. The molecule has 0 bridgehead atoms. The highest BCUT2D eigenvalue weighted by molar-refractivity contribution is 5.86. The number of carbonyl (C=O) groups excluding carboxylic acids is 2. The lowest BCUT2D eigenvalue weighted by molar-refractivity contribution is -0.137. The van der Waals surface area contributed by atoms with Crippen molar-refractivity contribution in [1.29, 1.82) is 0 Å². The molecule has 0 spiro atoms. The number of aliphatic hydroxyl groups excluding tert-OH is 1. The van der Waals surface area contributed by atoms with Crippen LogP contribution in [0.4, 0.5) is 4.79 Å². The first-order chi connectivity index (χ1) is 14.6. The van der Waals surface area contributed by atoms with Gasteiger partial charge in [0.1, 0.15) is 18.9 Å². The van der Waals surface area contributed by atoms with Gasteiger partial charge in [0.25, 0.3) is 0 Å². The summed E-state index contributed by atoms with van der Waals surface area (Å²) in [5.41, 5.74) is 0.875. The molecule has 1 unspecified atom stereocenters. The Morgan fingerprint density at radius 1 is 1.00 bits per heavy atom. The van der Waals surface area contributed by atoms with Gasteiger partial charge < -0.3 is 14.7 Å². The highest BCUT2D eigenvalue weighted by atomic mass is 16.6. The van der Waals surface area contributed by atoms with Crippen molar-refractivity contribution in [2.24, 2.45) is 0 Å². The van der Waals surface area contributed by atoms with E-state index < -0.39 is 18.4 Å². The zero-order chi connectivity index (χ0) is 21.8. The van der Waals surface area contributed by atoms with Crippen molar-refractivity contribution in [3.63, 3.8) is 0 Å². The maximum absolute atomic E-state index is 13.3. The Morgan fingerprint density at radius 2 is 1.63 bits per heavy atom. The van der Waals surface area contributed by atoms with E-state index in [1.54, 1.807) is 0 Å². The van der Waals surface area contributed by atoms with Crippen LogP contribution < -0.4 is 0 Å². The number of amides is 2. The van der Waals surface area contributed by atoms with E-state index in [1.165, 1.54) is 4.90 Å². The Labute approximate surface area is 181 Å². The molecule has 1 fully saturated rings. The smallest absolute Gasteiger partial charge is 0.412 e. The Kier molecular flexibility index (Phi) is 10.7. The SMILES string of the molecule is CCCCCCN(CCCCC)C(=O)[C@@H]1CCC(O)N1C(=O)OCc1ccccc1. The van der Waals surface area contributed by atoms with Crippen molar-refractivity contribution in [3.8, 4) is 0 Å². The lowest BCUT2D eigenvalue weighted by Gasteiger charge is -2.31. The maximum Gasteiger partial charge on any atom is 0.412 e. The van der Waals surface area contributed by atoms with E-state index in [4.69, 9.17) is 4.74 Å². The number of likely N-dealkylation sites (tertiary alicyclic amines) is 1. The predicted octanol–water partition coefficient (Wildman–Crippen LogP) is 4.71. The third-order valence-corrected chi connectivity index (χ3v) is 5.68. The van der Waals surface area contributed by atoms with Gasteiger partial charge in [0.15, 0.2) is 0 Å².